The first-order valence-electron chi connectivity index (χ1n) is 15.8. The van der Waals surface area contributed by atoms with Gasteiger partial charge in [-0.25, -0.2) is 4.79 Å². The molecule has 0 aliphatic carbocycles. The number of fused-ring (bicyclic) bond motifs is 6. The van der Waals surface area contributed by atoms with E-state index in [2.05, 4.69) is 0 Å². The van der Waals surface area contributed by atoms with Crippen molar-refractivity contribution in [2.24, 2.45) is 0 Å². The van der Waals surface area contributed by atoms with Gasteiger partial charge < -0.3 is 38.4 Å². The first-order chi connectivity index (χ1) is 23.5. The lowest BCUT2D eigenvalue weighted by Gasteiger charge is -2.20. The molecule has 1 aromatic heterocycles. The minimum absolute atomic E-state index is 0.00708. The maximum atomic E-state index is 14.2. The highest BCUT2D eigenvalue weighted by molar-refractivity contribution is 6.16. The Hall–Kier alpha value is -5.47. The smallest absolute Gasteiger partial charge is 0.415 e. The van der Waals surface area contributed by atoms with Crippen LogP contribution in [-0.4, -0.2) is 102 Å². The minimum atomic E-state index is -0.778. The molecule has 6 rings (SSSR count). The highest BCUT2D eigenvalue weighted by Gasteiger charge is 2.24. The average Bonchev–Trinajstić information content (AvgIpc) is 3.67. The lowest BCUT2D eigenvalue weighted by Crippen LogP contribution is -2.33. The van der Waals surface area contributed by atoms with Crippen LogP contribution in [0, 0.1) is 0 Å². The molecule has 0 spiro atoms. The van der Waals surface area contributed by atoms with E-state index in [-0.39, 0.29) is 50.6 Å². The standard InChI is InChI=1S/C35H36N4O10/c1-36(2)11-12-39-33-23(7-6-21-16-28-29(17-24(21)33)48-20-47-28)25-15-22(19-40)27(18-26(25)34(39)44)49-35(45)37(3)13-14-46-32(43)5-4-10-38-30(41)8-9-31(38)42/h6-9,15-18,40H,4-5,10-14,19-20H2,1-3H3. The Labute approximate surface area is 280 Å². The molecule has 0 radical (unpaired) electrons. The molecule has 49 heavy (non-hydrogen) atoms. The van der Waals surface area contributed by atoms with Crippen molar-refractivity contribution in [3.8, 4) is 17.2 Å². The van der Waals surface area contributed by atoms with Gasteiger partial charge in [0.05, 0.1) is 24.1 Å². The van der Waals surface area contributed by atoms with Crippen LogP contribution in [0.1, 0.15) is 18.4 Å². The molecule has 3 heterocycles. The highest BCUT2D eigenvalue weighted by atomic mass is 16.7. The SMILES string of the molecule is CN(C)CCn1c(=O)c2cc(OC(=O)N(C)CCOC(=O)CCCN3C(=O)C=CC3=O)c(CO)cc2c2ccc3cc4c(cc3c21)OCO4. The fourth-order valence-corrected chi connectivity index (χ4v) is 5.87. The van der Waals surface area contributed by atoms with Crippen molar-refractivity contribution in [3.63, 3.8) is 0 Å². The summed E-state index contributed by atoms with van der Waals surface area (Å²) in [4.78, 5) is 66.9. The van der Waals surface area contributed by atoms with Crippen molar-refractivity contribution in [3.05, 3.63) is 64.5 Å². The fraction of sp³-hybridized carbons (Fsp3) is 0.343. The summed E-state index contributed by atoms with van der Waals surface area (Å²) < 4.78 is 23.8. The molecule has 0 atom stereocenters. The van der Waals surface area contributed by atoms with E-state index in [9.17, 15) is 29.1 Å². The van der Waals surface area contributed by atoms with Crippen LogP contribution in [0.15, 0.2) is 53.3 Å². The van der Waals surface area contributed by atoms with Crippen molar-refractivity contribution >= 4 is 56.3 Å². The molecule has 0 fully saturated rings. The number of aliphatic hydroxyl groups excluding tert-OH is 1. The third-order valence-corrected chi connectivity index (χ3v) is 8.52. The summed E-state index contributed by atoms with van der Waals surface area (Å²) in [5, 5.41) is 13.7. The van der Waals surface area contributed by atoms with Crippen molar-refractivity contribution in [2.75, 3.05) is 54.2 Å². The van der Waals surface area contributed by atoms with Gasteiger partial charge in [0.2, 0.25) is 6.79 Å². The van der Waals surface area contributed by atoms with Gasteiger partial charge in [-0.05, 0) is 55.6 Å². The van der Waals surface area contributed by atoms with E-state index in [0.717, 1.165) is 21.1 Å². The van der Waals surface area contributed by atoms with E-state index in [1.54, 1.807) is 10.6 Å². The van der Waals surface area contributed by atoms with E-state index in [1.165, 1.54) is 30.2 Å². The summed E-state index contributed by atoms with van der Waals surface area (Å²) >= 11 is 0. The Bertz CT molecular complexity index is 2070. The number of aliphatic hydroxyl groups is 1. The molecular weight excluding hydrogens is 636 g/mol. The lowest BCUT2D eigenvalue weighted by molar-refractivity contribution is -0.145. The van der Waals surface area contributed by atoms with Crippen LogP contribution in [0.5, 0.6) is 17.2 Å². The molecule has 0 saturated carbocycles. The number of ether oxygens (including phenoxy) is 4. The van der Waals surface area contributed by atoms with E-state index in [1.807, 2.05) is 43.3 Å². The van der Waals surface area contributed by atoms with Crippen LogP contribution in [0.25, 0.3) is 32.4 Å². The molecule has 14 nitrogen and oxygen atoms in total. The first-order valence-corrected chi connectivity index (χ1v) is 15.8. The molecule has 0 bridgehead atoms. The van der Waals surface area contributed by atoms with Crippen LogP contribution < -0.4 is 19.8 Å². The number of esters is 1. The fourth-order valence-electron chi connectivity index (χ4n) is 5.87. The number of pyridine rings is 1. The van der Waals surface area contributed by atoms with E-state index in [0.29, 0.717) is 46.4 Å². The van der Waals surface area contributed by atoms with Crippen molar-refractivity contribution in [1.29, 1.82) is 0 Å². The highest BCUT2D eigenvalue weighted by Crippen LogP contribution is 2.40. The normalized spacial score (nSPS) is 13.8. The second-order valence-electron chi connectivity index (χ2n) is 12.1. The number of rotatable bonds is 12. The van der Waals surface area contributed by atoms with Crippen LogP contribution >= 0.6 is 0 Å². The van der Waals surface area contributed by atoms with E-state index >= 15 is 0 Å². The number of hydrogen-bond acceptors (Lipinski definition) is 11. The van der Waals surface area contributed by atoms with Gasteiger partial charge in [-0.15, -0.1) is 0 Å². The zero-order valence-electron chi connectivity index (χ0n) is 27.4. The van der Waals surface area contributed by atoms with Gasteiger partial charge in [-0.1, -0.05) is 12.1 Å². The number of aromatic nitrogens is 1. The number of benzene rings is 3. The average molecular weight is 673 g/mol. The lowest BCUT2D eigenvalue weighted by atomic mass is 9.98. The third-order valence-electron chi connectivity index (χ3n) is 8.52. The zero-order valence-corrected chi connectivity index (χ0v) is 27.4. The van der Waals surface area contributed by atoms with Gasteiger partial charge >= 0.3 is 12.1 Å². The Morgan fingerprint density at radius 1 is 0.878 bits per heavy atom. The predicted molar refractivity (Wildman–Crippen MR) is 179 cm³/mol. The maximum absolute atomic E-state index is 14.2. The number of hydrogen-bond donors (Lipinski definition) is 1. The number of nitrogens with zero attached hydrogens (tertiary/aromatic N) is 4. The number of imide groups is 1. The second-order valence-corrected chi connectivity index (χ2v) is 12.1. The minimum Gasteiger partial charge on any atom is -0.464 e. The van der Waals surface area contributed by atoms with Gasteiger partial charge in [0, 0.05) is 61.6 Å². The molecule has 0 unspecified atom stereocenters. The van der Waals surface area contributed by atoms with E-state index in [4.69, 9.17) is 18.9 Å². The molecule has 3 aromatic carbocycles. The van der Waals surface area contributed by atoms with E-state index < -0.39 is 30.5 Å². The summed E-state index contributed by atoms with van der Waals surface area (Å²) in [5.74, 6) is -0.114. The molecular formula is C35H36N4O10. The quantitative estimate of drug-likeness (QED) is 0.134. The van der Waals surface area contributed by atoms with Gasteiger partial charge in [0.15, 0.2) is 11.5 Å². The van der Waals surface area contributed by atoms with Crippen molar-refractivity contribution in [1.82, 2.24) is 19.3 Å². The van der Waals surface area contributed by atoms with Crippen molar-refractivity contribution in [2.45, 2.75) is 26.0 Å². The first kappa shape index (κ1) is 33.4. The monoisotopic (exact) mass is 672 g/mol. The molecule has 2 aliphatic heterocycles. The number of carbonyl (C=O) groups is 4. The van der Waals surface area contributed by atoms with Gasteiger partial charge in [-0.3, -0.25) is 24.1 Å². The molecule has 2 aliphatic rings. The summed E-state index contributed by atoms with van der Waals surface area (Å²) in [6.45, 7) is 0.625. The van der Waals surface area contributed by atoms with Crippen LogP contribution in [-0.2, 0) is 32.3 Å². The van der Waals surface area contributed by atoms with Gasteiger partial charge in [0.1, 0.15) is 12.4 Å². The number of carbonyl (C=O) groups excluding carboxylic acids is 4. The zero-order chi connectivity index (χ0) is 34.8. The Morgan fingerprint density at radius 3 is 2.33 bits per heavy atom. The summed E-state index contributed by atoms with van der Waals surface area (Å²) in [7, 11) is 5.31. The Kier molecular flexibility index (Phi) is 9.51. The predicted octanol–water partition coefficient (Wildman–Crippen LogP) is 2.77. The summed E-state index contributed by atoms with van der Waals surface area (Å²) in [5.41, 5.74) is 0.739. The topological polar surface area (TPSA) is 157 Å². The second kappa shape index (κ2) is 13.9. The molecule has 0 saturated heterocycles. The van der Waals surface area contributed by atoms with Gasteiger partial charge in [0.25, 0.3) is 17.4 Å². The molecule has 3 amide bonds. The number of likely N-dealkylation sites (N-methyl/N-ethyl adjacent to an activating group) is 2. The van der Waals surface area contributed by atoms with Crippen LogP contribution in [0.2, 0.25) is 0 Å². The molecule has 14 heteroatoms. The van der Waals surface area contributed by atoms with Crippen molar-refractivity contribution < 1.29 is 43.2 Å². The van der Waals surface area contributed by atoms with Gasteiger partial charge in [-0.2, -0.15) is 0 Å². The summed E-state index contributed by atoms with van der Waals surface area (Å²) in [6.07, 6.45) is 1.82. The number of amides is 3. The molecule has 1 N–H and O–H groups in total. The molecule has 4 aromatic rings. The largest absolute Gasteiger partial charge is 0.464 e. The maximum Gasteiger partial charge on any atom is 0.415 e. The Morgan fingerprint density at radius 2 is 1.61 bits per heavy atom. The van der Waals surface area contributed by atoms with Crippen LogP contribution in [0.4, 0.5) is 4.79 Å². The van der Waals surface area contributed by atoms with Crippen LogP contribution in [0.3, 0.4) is 0 Å². The molecule has 256 valence electrons. The Balaban J connectivity index is 1.21. The summed E-state index contributed by atoms with van der Waals surface area (Å²) in [6, 6.07) is 10.8. The third kappa shape index (κ3) is 6.78.